The van der Waals surface area contributed by atoms with Crippen LogP contribution in [0.1, 0.15) is 42.6 Å². The number of aromatic nitrogens is 5. The number of carbonyl (C=O) groups excluding carboxylic acids is 1. The molecule has 0 bridgehead atoms. The summed E-state index contributed by atoms with van der Waals surface area (Å²) in [5.41, 5.74) is 2.68. The molecule has 1 aliphatic rings. The molecule has 1 aliphatic heterocycles. The van der Waals surface area contributed by atoms with Crippen LogP contribution in [-0.2, 0) is 0 Å². The summed E-state index contributed by atoms with van der Waals surface area (Å²) in [4.78, 5) is 26.2. The fourth-order valence-corrected chi connectivity index (χ4v) is 4.83. The van der Waals surface area contributed by atoms with Crippen LogP contribution < -0.4 is 10.1 Å². The van der Waals surface area contributed by atoms with Crippen LogP contribution in [0.2, 0.25) is 0 Å². The topological polar surface area (TPSA) is 125 Å². The second kappa shape index (κ2) is 11.4. The molecule has 0 aliphatic carbocycles. The zero-order valence-electron chi connectivity index (χ0n) is 21.1. The Labute approximate surface area is 219 Å². The molecule has 1 fully saturated rings. The fourth-order valence-electron chi connectivity index (χ4n) is 4.83. The number of halogens is 1. The third-order valence-electron chi connectivity index (χ3n) is 6.71. The molecule has 0 radical (unpaired) electrons. The van der Waals surface area contributed by atoms with Gasteiger partial charge in [-0.15, -0.1) is 0 Å². The lowest BCUT2D eigenvalue weighted by atomic mass is 10.1. The van der Waals surface area contributed by atoms with E-state index in [1.165, 1.54) is 18.5 Å². The lowest BCUT2D eigenvalue weighted by Crippen LogP contribution is -2.41. The first kappa shape index (κ1) is 25.4. The van der Waals surface area contributed by atoms with Crippen molar-refractivity contribution >= 4 is 16.9 Å². The van der Waals surface area contributed by atoms with E-state index >= 15 is 0 Å². The van der Waals surface area contributed by atoms with E-state index < -0.39 is 5.82 Å². The van der Waals surface area contributed by atoms with Crippen molar-refractivity contribution in [2.24, 2.45) is 0 Å². The van der Waals surface area contributed by atoms with Crippen LogP contribution in [0.4, 0.5) is 4.39 Å². The molecule has 0 spiro atoms. The van der Waals surface area contributed by atoms with Crippen LogP contribution in [0.5, 0.6) is 5.75 Å². The minimum atomic E-state index is -0.502. The smallest absolute Gasteiger partial charge is 0.251 e. The van der Waals surface area contributed by atoms with Crippen molar-refractivity contribution in [2.75, 3.05) is 26.2 Å². The maximum atomic E-state index is 14.1. The highest BCUT2D eigenvalue weighted by atomic mass is 19.1. The summed E-state index contributed by atoms with van der Waals surface area (Å²) >= 11 is 0. The number of benzene rings is 1. The molecule has 3 aromatic heterocycles. The molecule has 11 heteroatoms. The van der Waals surface area contributed by atoms with Crippen LogP contribution in [0.15, 0.2) is 49.2 Å². The first-order chi connectivity index (χ1) is 18.5. The fraction of sp³-hybridized carbons (Fsp3) is 0.370. The van der Waals surface area contributed by atoms with Gasteiger partial charge in [-0.1, -0.05) is 0 Å². The first-order valence-corrected chi connectivity index (χ1v) is 12.7. The summed E-state index contributed by atoms with van der Waals surface area (Å²) in [6.45, 7) is 4.50. The molecule has 38 heavy (non-hydrogen) atoms. The van der Waals surface area contributed by atoms with Gasteiger partial charge in [-0.05, 0) is 38.0 Å². The lowest BCUT2D eigenvalue weighted by Gasteiger charge is -2.34. The molecule has 1 amide bonds. The number of aromatic amines is 1. The molecule has 5 rings (SSSR count). The number of nitrogens with one attached hydrogen (secondary N) is 2. The summed E-state index contributed by atoms with van der Waals surface area (Å²) in [7, 11) is 0. The van der Waals surface area contributed by atoms with E-state index in [2.05, 4.69) is 36.3 Å². The van der Waals surface area contributed by atoms with Crippen LogP contribution in [0, 0.1) is 17.1 Å². The number of nitriles is 1. The van der Waals surface area contributed by atoms with Gasteiger partial charge in [0.05, 0.1) is 30.4 Å². The van der Waals surface area contributed by atoms with Gasteiger partial charge in [-0.3, -0.25) is 9.48 Å². The average Bonchev–Trinajstić information content (AvgIpc) is 3.59. The second-order valence-electron chi connectivity index (χ2n) is 9.34. The molecule has 196 valence electrons. The highest BCUT2D eigenvalue weighted by Gasteiger charge is 2.25. The Balaban J connectivity index is 1.21. The molecular formula is C27H29FN8O2. The van der Waals surface area contributed by atoms with E-state index in [-0.39, 0.29) is 23.6 Å². The van der Waals surface area contributed by atoms with Crippen LogP contribution in [-0.4, -0.2) is 67.8 Å². The average molecular weight is 517 g/mol. The van der Waals surface area contributed by atoms with Crippen LogP contribution >= 0.6 is 0 Å². The van der Waals surface area contributed by atoms with Crippen molar-refractivity contribution < 1.29 is 13.9 Å². The number of amides is 1. The van der Waals surface area contributed by atoms with Gasteiger partial charge in [0.25, 0.3) is 5.91 Å². The third-order valence-corrected chi connectivity index (χ3v) is 6.71. The molecular weight excluding hydrogens is 487 g/mol. The Morgan fingerprint density at radius 3 is 2.95 bits per heavy atom. The Bertz CT molecular complexity index is 1450. The molecule has 1 atom stereocenters. The minimum Gasteiger partial charge on any atom is -0.490 e. The molecule has 0 saturated carbocycles. The number of carbonyl (C=O) groups is 1. The van der Waals surface area contributed by atoms with E-state index in [1.54, 1.807) is 12.3 Å². The van der Waals surface area contributed by atoms with E-state index in [1.807, 2.05) is 30.1 Å². The number of ether oxygens (including phenoxy) is 1. The Kier molecular flexibility index (Phi) is 7.60. The van der Waals surface area contributed by atoms with Gasteiger partial charge in [0.15, 0.2) is 0 Å². The number of H-pyrrole nitrogens is 1. The molecule has 4 aromatic rings. The van der Waals surface area contributed by atoms with E-state index in [0.29, 0.717) is 25.3 Å². The summed E-state index contributed by atoms with van der Waals surface area (Å²) in [5, 5.41) is 17.6. The molecule has 1 saturated heterocycles. The van der Waals surface area contributed by atoms with Gasteiger partial charge in [0, 0.05) is 61.2 Å². The van der Waals surface area contributed by atoms with Gasteiger partial charge in [0.1, 0.15) is 29.6 Å². The van der Waals surface area contributed by atoms with E-state index in [4.69, 9.17) is 4.74 Å². The SMILES string of the molecule is CCNC(=O)c1cc(F)cc(OC2CCN(CC(CC#N)n3cc(-c4ncnc5[nH]ccc45)cn3)CC2)c1. The monoisotopic (exact) mass is 516 g/mol. The number of hydrogen-bond donors (Lipinski definition) is 2. The Morgan fingerprint density at radius 2 is 2.16 bits per heavy atom. The predicted molar refractivity (Wildman–Crippen MR) is 139 cm³/mol. The van der Waals surface area contributed by atoms with E-state index in [0.717, 1.165) is 48.2 Å². The van der Waals surface area contributed by atoms with Crippen molar-refractivity contribution in [2.45, 2.75) is 38.3 Å². The first-order valence-electron chi connectivity index (χ1n) is 12.7. The molecule has 10 nitrogen and oxygen atoms in total. The zero-order chi connectivity index (χ0) is 26.5. The summed E-state index contributed by atoms with van der Waals surface area (Å²) in [5.74, 6) is -0.468. The van der Waals surface area contributed by atoms with Gasteiger partial charge >= 0.3 is 0 Å². The van der Waals surface area contributed by atoms with E-state index in [9.17, 15) is 14.4 Å². The highest BCUT2D eigenvalue weighted by molar-refractivity contribution is 5.94. The number of fused-ring (bicyclic) bond motifs is 1. The van der Waals surface area contributed by atoms with Crippen molar-refractivity contribution in [3.05, 3.63) is 60.6 Å². The van der Waals surface area contributed by atoms with Gasteiger partial charge in [0.2, 0.25) is 0 Å². The van der Waals surface area contributed by atoms with Crippen molar-refractivity contribution in [1.29, 1.82) is 5.26 Å². The normalized spacial score (nSPS) is 15.3. The maximum Gasteiger partial charge on any atom is 0.251 e. The van der Waals surface area contributed by atoms with Gasteiger partial charge in [-0.2, -0.15) is 10.4 Å². The summed E-state index contributed by atoms with van der Waals surface area (Å²) < 4.78 is 22.0. The summed E-state index contributed by atoms with van der Waals surface area (Å²) in [6.07, 6.45) is 8.81. The number of rotatable bonds is 9. The third kappa shape index (κ3) is 5.65. The standard InChI is InChI=1S/C27H29FN8O2/c1-2-30-27(37)18-11-20(28)13-23(12-18)38-22-5-9-35(10-6-22)16-21(3-7-29)36-15-19(14-34-36)25-24-4-8-31-26(24)33-17-32-25/h4,8,11-15,17,21-22H,2-3,5-6,9-10,16H2,1H3,(H,30,37)(H,31,32,33). The Hall–Kier alpha value is -4.30. The van der Waals surface area contributed by atoms with Gasteiger partial charge < -0.3 is 19.9 Å². The second-order valence-corrected chi connectivity index (χ2v) is 9.34. The Morgan fingerprint density at radius 1 is 1.32 bits per heavy atom. The molecule has 1 unspecified atom stereocenters. The molecule has 2 N–H and O–H groups in total. The largest absolute Gasteiger partial charge is 0.490 e. The van der Waals surface area contributed by atoms with Gasteiger partial charge in [-0.25, -0.2) is 14.4 Å². The molecule has 1 aromatic carbocycles. The number of hydrogen-bond acceptors (Lipinski definition) is 7. The van der Waals surface area contributed by atoms with Crippen molar-refractivity contribution in [3.8, 4) is 23.1 Å². The van der Waals surface area contributed by atoms with Crippen LogP contribution in [0.25, 0.3) is 22.3 Å². The minimum absolute atomic E-state index is 0.0811. The lowest BCUT2D eigenvalue weighted by molar-refractivity contribution is 0.0900. The number of piperidine rings is 1. The van der Waals surface area contributed by atoms with Crippen LogP contribution in [0.3, 0.4) is 0 Å². The van der Waals surface area contributed by atoms with Crippen molar-refractivity contribution in [1.82, 2.24) is 34.9 Å². The number of likely N-dealkylation sites (tertiary alicyclic amines) is 1. The highest BCUT2D eigenvalue weighted by Crippen LogP contribution is 2.27. The summed E-state index contributed by atoms with van der Waals surface area (Å²) in [6, 6.07) is 8.22. The molecule has 4 heterocycles. The van der Waals surface area contributed by atoms with Crippen molar-refractivity contribution in [3.63, 3.8) is 0 Å². The quantitative estimate of drug-likeness (QED) is 0.347. The maximum absolute atomic E-state index is 14.1. The zero-order valence-corrected chi connectivity index (χ0v) is 21.1. The number of nitrogens with zero attached hydrogens (tertiary/aromatic N) is 6. The predicted octanol–water partition coefficient (Wildman–Crippen LogP) is 3.71.